The molecule has 0 unspecified atom stereocenters. The second kappa shape index (κ2) is 6.47. The lowest BCUT2D eigenvalue weighted by molar-refractivity contribution is 0.0709. The molecule has 128 valence electrons. The van der Waals surface area contributed by atoms with Crippen LogP contribution in [0.25, 0.3) is 11.3 Å². The quantitative estimate of drug-likeness (QED) is 0.721. The number of hydrogen-bond donors (Lipinski definition) is 0. The van der Waals surface area contributed by atoms with Crippen LogP contribution in [0.5, 0.6) is 5.75 Å². The predicted molar refractivity (Wildman–Crippen MR) is 90.2 cm³/mol. The summed E-state index contributed by atoms with van der Waals surface area (Å²) >= 11 is 0. The number of nitrogens with zero attached hydrogens (tertiary/aromatic N) is 2. The van der Waals surface area contributed by atoms with Crippen LogP contribution in [0, 0.1) is 0 Å². The highest BCUT2D eigenvalue weighted by molar-refractivity contribution is 5.93. The summed E-state index contributed by atoms with van der Waals surface area (Å²) in [6, 6.07) is 12.8. The van der Waals surface area contributed by atoms with Gasteiger partial charge in [0.15, 0.2) is 11.5 Å². The fourth-order valence-corrected chi connectivity index (χ4v) is 3.28. The van der Waals surface area contributed by atoms with Crippen LogP contribution in [0.2, 0.25) is 0 Å². The van der Waals surface area contributed by atoms with Crippen LogP contribution in [0.3, 0.4) is 0 Å². The molecule has 0 aliphatic carbocycles. The van der Waals surface area contributed by atoms with Gasteiger partial charge in [-0.1, -0.05) is 17.3 Å². The van der Waals surface area contributed by atoms with E-state index in [0.29, 0.717) is 23.7 Å². The van der Waals surface area contributed by atoms with Gasteiger partial charge in [-0.15, -0.1) is 0 Å². The zero-order valence-corrected chi connectivity index (χ0v) is 13.8. The van der Waals surface area contributed by atoms with Crippen molar-refractivity contribution in [1.29, 1.82) is 0 Å². The van der Waals surface area contributed by atoms with Crippen molar-refractivity contribution in [1.82, 2.24) is 10.1 Å². The summed E-state index contributed by atoms with van der Waals surface area (Å²) in [5.41, 5.74) is 1.06. The molecular weight excluding hydrogens is 320 g/mol. The molecule has 0 saturated carbocycles. The van der Waals surface area contributed by atoms with Crippen molar-refractivity contribution < 1.29 is 18.5 Å². The van der Waals surface area contributed by atoms with Crippen molar-refractivity contribution in [3.05, 3.63) is 60.2 Å². The van der Waals surface area contributed by atoms with Crippen LogP contribution >= 0.6 is 0 Å². The smallest absolute Gasteiger partial charge is 0.276 e. The van der Waals surface area contributed by atoms with Gasteiger partial charge in [0.25, 0.3) is 5.91 Å². The Kier molecular flexibility index (Phi) is 4.01. The van der Waals surface area contributed by atoms with E-state index in [1.165, 1.54) is 0 Å². The van der Waals surface area contributed by atoms with Crippen LogP contribution < -0.4 is 4.74 Å². The van der Waals surface area contributed by atoms with E-state index in [0.717, 1.165) is 24.2 Å². The maximum Gasteiger partial charge on any atom is 0.276 e. The molecule has 0 radical (unpaired) electrons. The van der Waals surface area contributed by atoms with Gasteiger partial charge < -0.3 is 18.6 Å². The van der Waals surface area contributed by atoms with Crippen LogP contribution in [-0.2, 0) is 0 Å². The molecule has 2 aromatic heterocycles. The van der Waals surface area contributed by atoms with Gasteiger partial charge in [0.1, 0.15) is 11.5 Å². The van der Waals surface area contributed by atoms with E-state index in [2.05, 4.69) is 5.16 Å². The standard InChI is InChI=1S/C19H18N2O4/c1-23-16-8-3-2-6-13(16)18-12-14(20-25-18)19(22)21-10-4-7-15(21)17-9-5-11-24-17/h2-3,5-6,8-9,11-12,15H,4,7,10H2,1H3/t15-/m1/s1. The molecule has 1 atom stereocenters. The van der Waals surface area contributed by atoms with Gasteiger partial charge in [0.05, 0.1) is 25.0 Å². The van der Waals surface area contributed by atoms with E-state index in [9.17, 15) is 4.79 Å². The number of likely N-dealkylation sites (tertiary alicyclic amines) is 1. The number of carbonyl (C=O) groups excluding carboxylic acids is 1. The van der Waals surface area contributed by atoms with E-state index in [-0.39, 0.29) is 11.9 Å². The third-order valence-corrected chi connectivity index (χ3v) is 4.49. The molecule has 4 rings (SSSR count). The number of rotatable bonds is 4. The van der Waals surface area contributed by atoms with Crippen molar-refractivity contribution in [3.8, 4) is 17.1 Å². The van der Waals surface area contributed by atoms with Crippen molar-refractivity contribution in [2.45, 2.75) is 18.9 Å². The molecule has 6 nitrogen and oxygen atoms in total. The van der Waals surface area contributed by atoms with Gasteiger partial charge in [-0.2, -0.15) is 0 Å². The molecule has 0 N–H and O–H groups in total. The maximum atomic E-state index is 12.9. The lowest BCUT2D eigenvalue weighted by Crippen LogP contribution is -2.30. The highest BCUT2D eigenvalue weighted by atomic mass is 16.5. The Labute approximate surface area is 145 Å². The molecule has 0 bridgehead atoms. The van der Waals surface area contributed by atoms with Gasteiger partial charge in [-0.3, -0.25) is 4.79 Å². The molecule has 1 aromatic carbocycles. The summed E-state index contributed by atoms with van der Waals surface area (Å²) in [6.45, 7) is 0.682. The van der Waals surface area contributed by atoms with Crippen molar-refractivity contribution in [2.24, 2.45) is 0 Å². The molecule has 0 spiro atoms. The third-order valence-electron chi connectivity index (χ3n) is 4.49. The highest BCUT2D eigenvalue weighted by Crippen LogP contribution is 2.34. The zero-order valence-electron chi connectivity index (χ0n) is 13.8. The number of carbonyl (C=O) groups is 1. The number of benzene rings is 1. The normalized spacial score (nSPS) is 17.0. The Balaban J connectivity index is 1.60. The van der Waals surface area contributed by atoms with E-state index in [1.807, 2.05) is 36.4 Å². The summed E-state index contributed by atoms with van der Waals surface area (Å²) in [7, 11) is 1.60. The van der Waals surface area contributed by atoms with Crippen molar-refractivity contribution >= 4 is 5.91 Å². The molecule has 3 aromatic rings. The first kappa shape index (κ1) is 15.5. The Hall–Kier alpha value is -3.02. The average molecular weight is 338 g/mol. The second-order valence-electron chi connectivity index (χ2n) is 5.95. The summed E-state index contributed by atoms with van der Waals surface area (Å²) in [5, 5.41) is 3.98. The second-order valence-corrected chi connectivity index (χ2v) is 5.95. The Morgan fingerprint density at radius 1 is 1.28 bits per heavy atom. The molecule has 3 heterocycles. The van der Waals surface area contributed by atoms with Gasteiger partial charge in [-0.05, 0) is 37.1 Å². The van der Waals surface area contributed by atoms with Gasteiger partial charge >= 0.3 is 0 Å². The number of methoxy groups -OCH3 is 1. The SMILES string of the molecule is COc1ccccc1-c1cc(C(=O)N2CCC[C@@H]2c2ccco2)no1. The predicted octanol–water partition coefficient (Wildman–Crippen LogP) is 3.92. The van der Waals surface area contributed by atoms with Crippen molar-refractivity contribution in [3.63, 3.8) is 0 Å². The number of hydrogen-bond acceptors (Lipinski definition) is 5. The van der Waals surface area contributed by atoms with Crippen LogP contribution in [0.4, 0.5) is 0 Å². The fourth-order valence-electron chi connectivity index (χ4n) is 3.28. The van der Waals surface area contributed by atoms with Gasteiger partial charge in [0, 0.05) is 12.6 Å². The van der Waals surface area contributed by atoms with E-state index in [4.69, 9.17) is 13.7 Å². The number of ether oxygens (including phenoxy) is 1. The van der Waals surface area contributed by atoms with Crippen LogP contribution in [-0.4, -0.2) is 29.6 Å². The molecule has 1 fully saturated rings. The number of para-hydroxylation sites is 1. The number of amides is 1. The first-order valence-corrected chi connectivity index (χ1v) is 8.22. The van der Waals surface area contributed by atoms with E-state index in [1.54, 1.807) is 24.3 Å². The minimum atomic E-state index is -0.149. The monoisotopic (exact) mass is 338 g/mol. The molecule has 6 heteroatoms. The molecule has 1 saturated heterocycles. The Morgan fingerprint density at radius 3 is 2.96 bits per heavy atom. The number of aromatic nitrogens is 1. The van der Waals surface area contributed by atoms with E-state index >= 15 is 0 Å². The Bertz CT molecular complexity index is 869. The first-order valence-electron chi connectivity index (χ1n) is 8.22. The zero-order chi connectivity index (χ0) is 17.2. The lowest BCUT2D eigenvalue weighted by atomic mass is 10.1. The molecule has 1 aliphatic heterocycles. The minimum absolute atomic E-state index is 0.0473. The topological polar surface area (TPSA) is 68.7 Å². The molecule has 25 heavy (non-hydrogen) atoms. The van der Waals surface area contributed by atoms with E-state index < -0.39 is 0 Å². The maximum absolute atomic E-state index is 12.9. The Morgan fingerprint density at radius 2 is 2.16 bits per heavy atom. The average Bonchev–Trinajstić information content (AvgIpc) is 3.41. The molecule has 1 aliphatic rings. The van der Waals surface area contributed by atoms with Gasteiger partial charge in [-0.25, -0.2) is 0 Å². The van der Waals surface area contributed by atoms with Crippen LogP contribution in [0.15, 0.2) is 57.7 Å². The third kappa shape index (κ3) is 2.80. The lowest BCUT2D eigenvalue weighted by Gasteiger charge is -2.21. The van der Waals surface area contributed by atoms with Crippen LogP contribution in [0.1, 0.15) is 35.1 Å². The number of furan rings is 1. The van der Waals surface area contributed by atoms with Gasteiger partial charge in [0.2, 0.25) is 0 Å². The fraction of sp³-hybridized carbons (Fsp3) is 0.263. The highest BCUT2D eigenvalue weighted by Gasteiger charge is 2.33. The summed E-state index contributed by atoms with van der Waals surface area (Å²) in [4.78, 5) is 14.7. The molecular formula is C19H18N2O4. The van der Waals surface area contributed by atoms with Crippen molar-refractivity contribution in [2.75, 3.05) is 13.7 Å². The minimum Gasteiger partial charge on any atom is -0.496 e. The summed E-state index contributed by atoms with van der Waals surface area (Å²) < 4.78 is 16.2. The largest absolute Gasteiger partial charge is 0.496 e. The molecule has 1 amide bonds. The first-order chi connectivity index (χ1) is 12.3. The summed E-state index contributed by atoms with van der Waals surface area (Å²) in [6.07, 6.45) is 3.46. The summed E-state index contributed by atoms with van der Waals surface area (Å²) in [5.74, 6) is 1.84.